The lowest BCUT2D eigenvalue weighted by atomic mass is 9.49. The van der Waals surface area contributed by atoms with Crippen molar-refractivity contribution in [1.29, 1.82) is 0 Å². The molecule has 2 spiro atoms. The molecular formula is C77H78O12. The summed E-state index contributed by atoms with van der Waals surface area (Å²) in [4.78, 5) is 46.5. The molecule has 4 N–H and O–H groups in total. The van der Waals surface area contributed by atoms with E-state index in [4.69, 9.17) is 23.4 Å². The van der Waals surface area contributed by atoms with Crippen LogP contribution < -0.4 is 10.4 Å². The molecule has 0 amide bonds. The van der Waals surface area contributed by atoms with E-state index in [1.807, 2.05) is 0 Å². The van der Waals surface area contributed by atoms with Crippen molar-refractivity contribution in [2.45, 2.75) is 137 Å². The Bertz CT molecular complexity index is 4000. The van der Waals surface area contributed by atoms with E-state index in [9.17, 15) is 25.2 Å². The zero-order valence-corrected chi connectivity index (χ0v) is 50.4. The van der Waals surface area contributed by atoms with Gasteiger partial charge in [0.2, 0.25) is 0 Å². The van der Waals surface area contributed by atoms with Crippen molar-refractivity contribution in [2.75, 3.05) is 26.6 Å². The van der Waals surface area contributed by atoms with Crippen LogP contribution in [0.4, 0.5) is 0 Å². The van der Waals surface area contributed by atoms with Crippen molar-refractivity contribution in [3.05, 3.63) is 222 Å². The van der Waals surface area contributed by atoms with Gasteiger partial charge in [0.05, 0.1) is 25.4 Å². The molecule has 0 saturated heterocycles. The summed E-state index contributed by atoms with van der Waals surface area (Å²) in [5.41, 5.74) is 10.2. The molecule has 0 radical (unpaired) electrons. The number of allylic oxidation sites excluding steroid dienone is 4. The molecule has 12 nitrogen and oxygen atoms in total. The molecule has 7 aliphatic carbocycles. The number of esters is 2. The van der Waals surface area contributed by atoms with Crippen LogP contribution in [0.2, 0.25) is 0 Å². The predicted molar refractivity (Wildman–Crippen MR) is 340 cm³/mol. The fraction of sp³-hybridized carbons (Fsp3) is 0.416. The Balaban J connectivity index is 0.881. The molecule has 12 heteroatoms. The van der Waals surface area contributed by atoms with Crippen molar-refractivity contribution < 1.29 is 53.4 Å². The highest BCUT2D eigenvalue weighted by Crippen LogP contribution is 2.64. The van der Waals surface area contributed by atoms with Gasteiger partial charge < -0.3 is 43.8 Å². The average Bonchev–Trinajstić information content (AvgIpc) is 1.52. The van der Waals surface area contributed by atoms with Crippen molar-refractivity contribution >= 4 is 41.1 Å². The number of aliphatic hydroxyl groups excluding tert-OH is 4. The standard InChI is InChI=1S/C77H78O12/c1-44(40-79)54-28-20-45-18-21-47(22-19-45)55-29-25-49(57-14-7-17-65-60(57)31-27-53-12-6-11-52-26-23-48-10-3-5-16-64(48)77(52,53)65)37-51(55)38-68(82)86-72-70-67(33-32-61-63(41-80)69(75(84)87-71(61)70)50(34-36-78)42-85-43-81)89-76(73(72)88-74(54)83)35-8-15-59-58-30-24-46-9-2-4-13-56(46)62(58)39-66(59)76/h2-5,7-10,13-19,21-24,26-27,30-33,49-53,55,58-59,62,66,72-73,78-81H,6,11-12,20,25,28-29,34-43H2,1H3. The smallest absolute Gasteiger partial charge is 0.340 e. The average molecular weight is 1200 g/mol. The van der Waals surface area contributed by atoms with E-state index < -0.39 is 54.7 Å². The maximum atomic E-state index is 16.1. The highest BCUT2D eigenvalue weighted by molar-refractivity contribution is 5.91. The van der Waals surface area contributed by atoms with Crippen LogP contribution in [0.3, 0.4) is 0 Å². The molecule has 10 aliphatic rings. The number of carbonyl (C=O) groups excluding carboxylic acids is 2. The predicted octanol–water partition coefficient (Wildman–Crippen LogP) is 13.1. The van der Waals surface area contributed by atoms with Crippen LogP contribution in [0.25, 0.3) is 29.2 Å². The number of aryl methyl sites for hydroxylation is 1. The first-order chi connectivity index (χ1) is 43.6. The molecule has 14 unspecified atom stereocenters. The van der Waals surface area contributed by atoms with E-state index in [1.165, 1.54) is 39.8 Å². The molecule has 16 rings (SSSR count). The van der Waals surface area contributed by atoms with Crippen molar-refractivity contribution in [1.82, 2.24) is 0 Å². The van der Waals surface area contributed by atoms with E-state index >= 15 is 9.59 Å². The van der Waals surface area contributed by atoms with Gasteiger partial charge in [0.1, 0.15) is 18.1 Å². The Morgan fingerprint density at radius 2 is 1.51 bits per heavy atom. The molecule has 5 aromatic carbocycles. The molecular weight excluding hydrogens is 1120 g/mol. The van der Waals surface area contributed by atoms with Gasteiger partial charge in [-0.1, -0.05) is 146 Å². The van der Waals surface area contributed by atoms with E-state index in [0.29, 0.717) is 53.4 Å². The van der Waals surface area contributed by atoms with Gasteiger partial charge in [-0.25, -0.2) is 9.59 Å². The van der Waals surface area contributed by atoms with Crippen LogP contribution in [0.15, 0.2) is 154 Å². The van der Waals surface area contributed by atoms with Crippen LogP contribution in [-0.2, 0) is 42.2 Å². The number of benzene rings is 5. The maximum Gasteiger partial charge on any atom is 0.340 e. The third-order valence-corrected chi connectivity index (χ3v) is 22.8. The van der Waals surface area contributed by atoms with Crippen LogP contribution in [0, 0.1) is 35.5 Å². The Labute approximate surface area is 519 Å². The number of rotatable bonds is 9. The SMILES string of the molecule is CC(CO)=C1CCc2ccc(cc2)C2CCC(c3cccc4c3C=CC3CCCC5C=Cc6ccccc6C453)CC2CC(=O)OC2c3c(ccc4c(CO)c(C(CCO)COCO)c(=O)oc34)OC3(CC=CC4C5C=Cc6ccccc6C5CC43)C2OC1=O. The van der Waals surface area contributed by atoms with E-state index in [0.717, 1.165) is 42.4 Å². The monoisotopic (exact) mass is 1190 g/mol. The van der Waals surface area contributed by atoms with Crippen molar-refractivity contribution in [3.8, 4) is 5.75 Å². The number of ether oxygens (including phenoxy) is 4. The number of hydrogen-bond donors (Lipinski definition) is 4. The second-order valence-electron chi connectivity index (χ2n) is 26.9. The Morgan fingerprint density at radius 3 is 2.31 bits per heavy atom. The quantitative estimate of drug-likeness (QED) is 0.0354. The fourth-order valence-electron chi connectivity index (χ4n) is 18.9. The first kappa shape index (κ1) is 58.0. The first-order valence-electron chi connectivity index (χ1n) is 32.6. The Morgan fingerprint density at radius 1 is 0.730 bits per heavy atom. The van der Waals surface area contributed by atoms with Gasteiger partial charge in [-0.3, -0.25) is 4.79 Å². The zero-order valence-electron chi connectivity index (χ0n) is 50.4. The molecule has 4 heterocycles. The second kappa shape index (κ2) is 23.4. The Kier molecular flexibility index (Phi) is 15.2. The minimum absolute atomic E-state index is 0.000929. The summed E-state index contributed by atoms with van der Waals surface area (Å²) in [7, 11) is 0. The highest BCUT2D eigenvalue weighted by Gasteiger charge is 2.65. The van der Waals surface area contributed by atoms with Crippen LogP contribution >= 0.6 is 0 Å². The molecule has 6 aromatic rings. The number of carbonyl (C=O) groups is 2. The van der Waals surface area contributed by atoms with Crippen molar-refractivity contribution in [3.63, 3.8) is 0 Å². The van der Waals surface area contributed by atoms with Crippen LogP contribution in [-0.4, -0.2) is 70.7 Å². The van der Waals surface area contributed by atoms with Gasteiger partial charge in [0.15, 0.2) is 17.8 Å². The molecule has 3 aliphatic heterocycles. The number of aliphatic hydroxyl groups is 4. The second-order valence-corrected chi connectivity index (χ2v) is 26.9. The summed E-state index contributed by atoms with van der Waals surface area (Å²) in [6.45, 7) is -0.334. The molecule has 3 saturated carbocycles. The summed E-state index contributed by atoms with van der Waals surface area (Å²) >= 11 is 0. The normalized spacial score (nSPS) is 31.3. The lowest BCUT2D eigenvalue weighted by Gasteiger charge is -2.53. The zero-order chi connectivity index (χ0) is 60.7. The number of fused-ring (bicyclic) bond motifs is 19. The summed E-state index contributed by atoms with van der Waals surface area (Å²) in [6.07, 6.45) is 23.6. The molecule has 458 valence electrons. The van der Waals surface area contributed by atoms with Gasteiger partial charge in [-0.2, -0.15) is 0 Å². The van der Waals surface area contributed by atoms with E-state index in [2.05, 4.69) is 140 Å². The van der Waals surface area contributed by atoms with Gasteiger partial charge in [-0.15, -0.1) is 0 Å². The largest absolute Gasteiger partial charge is 0.482 e. The Hall–Kier alpha value is -7.45. The lowest BCUT2D eigenvalue weighted by Crippen LogP contribution is -2.61. The van der Waals surface area contributed by atoms with Gasteiger partial charge in [-0.05, 0) is 185 Å². The summed E-state index contributed by atoms with van der Waals surface area (Å²) in [6, 6.07) is 36.6. The van der Waals surface area contributed by atoms with Crippen LogP contribution in [0.1, 0.15) is 174 Å². The summed E-state index contributed by atoms with van der Waals surface area (Å²) in [5, 5.41) is 42.5. The molecule has 89 heavy (non-hydrogen) atoms. The minimum Gasteiger partial charge on any atom is -0.482 e. The fourth-order valence-corrected chi connectivity index (χ4v) is 18.9. The van der Waals surface area contributed by atoms with Gasteiger partial charge in [0, 0.05) is 53.2 Å². The minimum atomic E-state index is -1.41. The van der Waals surface area contributed by atoms with Gasteiger partial charge in [0.25, 0.3) is 0 Å². The molecule has 3 fully saturated rings. The van der Waals surface area contributed by atoms with E-state index in [-0.39, 0.29) is 115 Å². The van der Waals surface area contributed by atoms with E-state index in [1.54, 1.807) is 19.1 Å². The summed E-state index contributed by atoms with van der Waals surface area (Å²) in [5.74, 6) is -1.14. The molecule has 14 atom stereocenters. The topological polar surface area (TPSA) is 182 Å². The highest BCUT2D eigenvalue weighted by atomic mass is 16.6. The lowest BCUT2D eigenvalue weighted by molar-refractivity contribution is -0.205. The third-order valence-electron chi connectivity index (χ3n) is 22.8. The maximum absolute atomic E-state index is 16.1. The molecule has 2 bridgehead atoms. The first-order valence-corrected chi connectivity index (χ1v) is 32.6. The van der Waals surface area contributed by atoms with Crippen molar-refractivity contribution in [2.24, 2.45) is 35.5 Å². The molecule has 1 aromatic heterocycles. The number of hydrogen-bond acceptors (Lipinski definition) is 12. The third kappa shape index (κ3) is 9.43. The van der Waals surface area contributed by atoms with Crippen LogP contribution in [0.5, 0.6) is 5.75 Å². The van der Waals surface area contributed by atoms with Gasteiger partial charge >= 0.3 is 17.6 Å². The summed E-state index contributed by atoms with van der Waals surface area (Å²) < 4.78 is 33.9.